The van der Waals surface area contributed by atoms with E-state index in [0.29, 0.717) is 5.41 Å². The molecule has 1 aliphatic carbocycles. The van der Waals surface area contributed by atoms with E-state index in [2.05, 4.69) is 26.1 Å². The highest BCUT2D eigenvalue weighted by molar-refractivity contribution is 4.91. The van der Waals surface area contributed by atoms with Crippen molar-refractivity contribution in [2.45, 2.75) is 52.2 Å². The molecule has 0 radical (unpaired) electrons. The summed E-state index contributed by atoms with van der Waals surface area (Å²) in [7, 11) is 0. The molecule has 2 fully saturated rings. The number of rotatable bonds is 1. The maximum absolute atomic E-state index is 6.05. The van der Waals surface area contributed by atoms with Crippen LogP contribution in [-0.4, -0.2) is 18.9 Å². The van der Waals surface area contributed by atoms with Crippen molar-refractivity contribution in [1.82, 2.24) is 5.32 Å². The standard InChI is InChI=1S/C12H23NO/c1-11(2)8-13-12(3,14-9-11)10-6-4-5-7-10/h10,13H,4-9H2,1-3H3. The molecule has 1 aliphatic heterocycles. The molecule has 2 rings (SSSR count). The van der Waals surface area contributed by atoms with Crippen LogP contribution in [-0.2, 0) is 4.74 Å². The summed E-state index contributed by atoms with van der Waals surface area (Å²) in [5, 5.41) is 3.61. The zero-order valence-electron chi connectivity index (χ0n) is 9.73. The molecule has 1 N–H and O–H groups in total. The highest BCUT2D eigenvalue weighted by Gasteiger charge is 2.41. The predicted octanol–water partition coefficient (Wildman–Crippen LogP) is 2.54. The molecular weight excluding hydrogens is 174 g/mol. The molecule has 2 aliphatic rings. The molecule has 1 unspecified atom stereocenters. The summed E-state index contributed by atoms with van der Waals surface area (Å²) in [5.41, 5.74) is 0.268. The molecule has 0 amide bonds. The Morgan fingerprint density at radius 2 is 1.79 bits per heavy atom. The van der Waals surface area contributed by atoms with Gasteiger partial charge in [-0.1, -0.05) is 26.7 Å². The van der Waals surface area contributed by atoms with Crippen LogP contribution >= 0.6 is 0 Å². The van der Waals surface area contributed by atoms with Crippen LogP contribution in [0.5, 0.6) is 0 Å². The lowest BCUT2D eigenvalue weighted by Gasteiger charge is -2.45. The van der Waals surface area contributed by atoms with Crippen molar-refractivity contribution in [2.75, 3.05) is 13.2 Å². The zero-order valence-corrected chi connectivity index (χ0v) is 9.73. The van der Waals surface area contributed by atoms with Gasteiger partial charge in [0.2, 0.25) is 0 Å². The lowest BCUT2D eigenvalue weighted by molar-refractivity contribution is -0.155. The maximum Gasteiger partial charge on any atom is 0.119 e. The molecule has 0 aromatic heterocycles. The lowest BCUT2D eigenvalue weighted by atomic mass is 9.87. The molecule has 0 bridgehead atoms. The van der Waals surface area contributed by atoms with E-state index in [4.69, 9.17) is 4.74 Å². The number of nitrogens with one attached hydrogen (secondary N) is 1. The highest BCUT2D eigenvalue weighted by atomic mass is 16.5. The average molecular weight is 197 g/mol. The fourth-order valence-corrected chi connectivity index (χ4v) is 2.60. The second-order valence-electron chi connectivity index (χ2n) is 5.89. The van der Waals surface area contributed by atoms with Crippen molar-refractivity contribution >= 4 is 0 Å². The van der Waals surface area contributed by atoms with E-state index in [1.54, 1.807) is 0 Å². The molecule has 1 saturated heterocycles. The molecular formula is C12H23NO. The average Bonchev–Trinajstić information content (AvgIpc) is 2.64. The third kappa shape index (κ3) is 1.96. The Bertz CT molecular complexity index is 196. The summed E-state index contributed by atoms with van der Waals surface area (Å²) in [5.74, 6) is 0.735. The fraction of sp³-hybridized carbons (Fsp3) is 1.00. The molecule has 0 aromatic carbocycles. The van der Waals surface area contributed by atoms with Crippen molar-refractivity contribution in [3.8, 4) is 0 Å². The number of ether oxygens (including phenoxy) is 1. The van der Waals surface area contributed by atoms with Crippen LogP contribution in [0.15, 0.2) is 0 Å². The van der Waals surface area contributed by atoms with E-state index < -0.39 is 0 Å². The molecule has 2 heteroatoms. The molecule has 0 spiro atoms. The second-order valence-corrected chi connectivity index (χ2v) is 5.89. The van der Waals surface area contributed by atoms with Gasteiger partial charge in [0.05, 0.1) is 6.61 Å². The summed E-state index contributed by atoms with van der Waals surface area (Å²) in [6, 6.07) is 0. The highest BCUT2D eigenvalue weighted by Crippen LogP contribution is 2.38. The van der Waals surface area contributed by atoms with E-state index in [-0.39, 0.29) is 5.72 Å². The molecule has 1 saturated carbocycles. The summed E-state index contributed by atoms with van der Waals surface area (Å²) in [4.78, 5) is 0. The van der Waals surface area contributed by atoms with Gasteiger partial charge in [-0.3, -0.25) is 5.32 Å². The minimum absolute atomic E-state index is 0.0357. The largest absolute Gasteiger partial charge is 0.360 e. The Morgan fingerprint density at radius 3 is 2.29 bits per heavy atom. The van der Waals surface area contributed by atoms with Crippen LogP contribution < -0.4 is 5.32 Å². The number of hydrogen-bond acceptors (Lipinski definition) is 2. The van der Waals surface area contributed by atoms with Gasteiger partial charge in [-0.05, 0) is 19.8 Å². The van der Waals surface area contributed by atoms with Gasteiger partial charge in [-0.15, -0.1) is 0 Å². The van der Waals surface area contributed by atoms with Crippen molar-refractivity contribution < 1.29 is 4.74 Å². The van der Waals surface area contributed by atoms with Gasteiger partial charge in [-0.25, -0.2) is 0 Å². The Morgan fingerprint density at radius 1 is 1.14 bits per heavy atom. The normalized spacial score (nSPS) is 38.8. The first kappa shape index (κ1) is 10.4. The summed E-state index contributed by atoms with van der Waals surface area (Å²) < 4.78 is 6.05. The second kappa shape index (κ2) is 3.49. The smallest absolute Gasteiger partial charge is 0.119 e. The van der Waals surface area contributed by atoms with Crippen LogP contribution in [0.3, 0.4) is 0 Å². The van der Waals surface area contributed by atoms with Crippen LogP contribution in [0.2, 0.25) is 0 Å². The Labute approximate surface area is 87.4 Å². The summed E-state index contributed by atoms with van der Waals surface area (Å²) >= 11 is 0. The van der Waals surface area contributed by atoms with E-state index in [1.807, 2.05) is 0 Å². The molecule has 82 valence electrons. The molecule has 1 heterocycles. The first-order valence-corrected chi connectivity index (χ1v) is 5.91. The number of hydrogen-bond donors (Lipinski definition) is 1. The first-order chi connectivity index (χ1) is 6.52. The van der Waals surface area contributed by atoms with Crippen molar-refractivity contribution in [1.29, 1.82) is 0 Å². The lowest BCUT2D eigenvalue weighted by Crippen LogP contribution is -2.59. The zero-order chi connectivity index (χ0) is 10.2. The van der Waals surface area contributed by atoms with E-state index in [1.165, 1.54) is 25.7 Å². The Hall–Kier alpha value is -0.0800. The third-order valence-electron chi connectivity index (χ3n) is 3.81. The van der Waals surface area contributed by atoms with E-state index in [9.17, 15) is 0 Å². The Balaban J connectivity index is 1.97. The third-order valence-corrected chi connectivity index (χ3v) is 3.81. The van der Waals surface area contributed by atoms with Crippen LogP contribution in [0.4, 0.5) is 0 Å². The van der Waals surface area contributed by atoms with Gasteiger partial charge < -0.3 is 4.74 Å². The monoisotopic (exact) mass is 197 g/mol. The predicted molar refractivity (Wildman–Crippen MR) is 58.1 cm³/mol. The summed E-state index contributed by atoms with van der Waals surface area (Å²) in [6.45, 7) is 8.73. The summed E-state index contributed by atoms with van der Waals surface area (Å²) in [6.07, 6.45) is 5.44. The van der Waals surface area contributed by atoms with E-state index in [0.717, 1.165) is 19.1 Å². The fourth-order valence-electron chi connectivity index (χ4n) is 2.60. The quantitative estimate of drug-likeness (QED) is 0.697. The maximum atomic E-state index is 6.05. The minimum Gasteiger partial charge on any atom is -0.360 e. The SMILES string of the molecule is CC1(C)CNC(C)(C2CCCC2)OC1. The van der Waals surface area contributed by atoms with Gasteiger partial charge in [0, 0.05) is 17.9 Å². The minimum atomic E-state index is -0.0357. The molecule has 0 aromatic rings. The topological polar surface area (TPSA) is 21.3 Å². The van der Waals surface area contributed by atoms with Gasteiger partial charge in [0.1, 0.15) is 5.72 Å². The van der Waals surface area contributed by atoms with Crippen molar-refractivity contribution in [2.24, 2.45) is 11.3 Å². The van der Waals surface area contributed by atoms with E-state index >= 15 is 0 Å². The Kier molecular flexibility index (Phi) is 2.61. The van der Waals surface area contributed by atoms with Crippen molar-refractivity contribution in [3.05, 3.63) is 0 Å². The van der Waals surface area contributed by atoms with Crippen LogP contribution in [0.1, 0.15) is 46.5 Å². The van der Waals surface area contributed by atoms with Crippen molar-refractivity contribution in [3.63, 3.8) is 0 Å². The van der Waals surface area contributed by atoms with Gasteiger partial charge in [-0.2, -0.15) is 0 Å². The molecule has 1 atom stereocenters. The first-order valence-electron chi connectivity index (χ1n) is 5.91. The molecule has 14 heavy (non-hydrogen) atoms. The van der Waals surface area contributed by atoms with Gasteiger partial charge in [0.25, 0.3) is 0 Å². The van der Waals surface area contributed by atoms with Gasteiger partial charge in [0.15, 0.2) is 0 Å². The molecule has 2 nitrogen and oxygen atoms in total. The van der Waals surface area contributed by atoms with Crippen LogP contribution in [0, 0.1) is 11.3 Å². The van der Waals surface area contributed by atoms with Gasteiger partial charge >= 0.3 is 0 Å². The van der Waals surface area contributed by atoms with Crippen LogP contribution in [0.25, 0.3) is 0 Å².